The molecule has 1 heterocycles. The molecular formula is C15H18N4O. The van der Waals surface area contributed by atoms with Crippen molar-refractivity contribution in [2.45, 2.75) is 18.8 Å². The van der Waals surface area contributed by atoms with Crippen LogP contribution in [0.1, 0.15) is 24.5 Å². The van der Waals surface area contributed by atoms with Gasteiger partial charge in [-0.25, -0.2) is 9.97 Å². The summed E-state index contributed by atoms with van der Waals surface area (Å²) in [5, 5.41) is 12.8. The number of hydrogen-bond acceptors (Lipinski definition) is 5. The van der Waals surface area contributed by atoms with E-state index >= 15 is 0 Å². The van der Waals surface area contributed by atoms with Crippen LogP contribution in [-0.2, 0) is 0 Å². The zero-order chi connectivity index (χ0) is 13.9. The maximum Gasteiger partial charge on any atom is 0.159 e. The van der Waals surface area contributed by atoms with Crippen molar-refractivity contribution in [3.8, 4) is 17.1 Å². The van der Waals surface area contributed by atoms with Crippen LogP contribution in [0.5, 0.6) is 5.75 Å². The zero-order valence-corrected chi connectivity index (χ0v) is 11.2. The lowest BCUT2D eigenvalue weighted by atomic mass is 10.1. The van der Waals surface area contributed by atoms with E-state index in [0.717, 1.165) is 16.9 Å². The molecule has 0 unspecified atom stereocenters. The second kappa shape index (κ2) is 5.46. The second-order valence-corrected chi connectivity index (χ2v) is 5.03. The highest BCUT2D eigenvalue weighted by Crippen LogP contribution is 2.42. The van der Waals surface area contributed by atoms with E-state index in [0.29, 0.717) is 24.8 Å². The van der Waals surface area contributed by atoms with Gasteiger partial charge in [0.2, 0.25) is 0 Å². The third-order valence-electron chi connectivity index (χ3n) is 3.35. The van der Waals surface area contributed by atoms with E-state index in [1.54, 1.807) is 18.2 Å². The first-order valence-corrected chi connectivity index (χ1v) is 6.88. The first kappa shape index (κ1) is 12.9. The highest BCUT2D eigenvalue weighted by atomic mass is 16.3. The van der Waals surface area contributed by atoms with E-state index in [1.807, 2.05) is 12.3 Å². The van der Waals surface area contributed by atoms with Crippen LogP contribution in [0.2, 0.25) is 0 Å². The number of aromatic nitrogens is 2. The Labute approximate surface area is 117 Å². The van der Waals surface area contributed by atoms with Crippen molar-refractivity contribution in [1.29, 1.82) is 0 Å². The summed E-state index contributed by atoms with van der Waals surface area (Å²) in [6.45, 7) is 1.30. The van der Waals surface area contributed by atoms with Crippen LogP contribution in [-0.4, -0.2) is 28.2 Å². The van der Waals surface area contributed by atoms with Gasteiger partial charge in [0.25, 0.3) is 0 Å². The van der Waals surface area contributed by atoms with Gasteiger partial charge in [-0.3, -0.25) is 0 Å². The number of hydrogen-bond donors (Lipinski definition) is 3. The Morgan fingerprint density at radius 1 is 1.35 bits per heavy atom. The molecule has 20 heavy (non-hydrogen) atoms. The SMILES string of the molecule is NCCNc1cnc(-c2cccc(O)c2)nc1C1CC1. The number of nitrogens with zero attached hydrogens (tertiary/aromatic N) is 2. The molecule has 1 aromatic carbocycles. The lowest BCUT2D eigenvalue weighted by Gasteiger charge is -2.11. The van der Waals surface area contributed by atoms with Crippen molar-refractivity contribution < 1.29 is 5.11 Å². The zero-order valence-electron chi connectivity index (χ0n) is 11.2. The number of benzene rings is 1. The smallest absolute Gasteiger partial charge is 0.159 e. The predicted octanol–water partition coefficient (Wildman–Crippen LogP) is 2.10. The van der Waals surface area contributed by atoms with Gasteiger partial charge in [-0.15, -0.1) is 0 Å². The summed E-state index contributed by atoms with van der Waals surface area (Å²) >= 11 is 0. The summed E-state index contributed by atoms with van der Waals surface area (Å²) < 4.78 is 0. The van der Waals surface area contributed by atoms with Gasteiger partial charge in [0.05, 0.1) is 17.6 Å². The van der Waals surface area contributed by atoms with Crippen LogP contribution in [0.25, 0.3) is 11.4 Å². The number of phenols is 1. The summed E-state index contributed by atoms with van der Waals surface area (Å²) in [7, 11) is 0. The van der Waals surface area contributed by atoms with E-state index in [-0.39, 0.29) is 5.75 Å². The minimum absolute atomic E-state index is 0.226. The summed E-state index contributed by atoms with van der Waals surface area (Å²) in [5.74, 6) is 1.40. The third kappa shape index (κ3) is 2.72. The average molecular weight is 270 g/mol. The van der Waals surface area contributed by atoms with Crippen LogP contribution in [0, 0.1) is 0 Å². The molecule has 0 saturated heterocycles. The van der Waals surface area contributed by atoms with Gasteiger partial charge in [0, 0.05) is 24.6 Å². The molecule has 5 nitrogen and oxygen atoms in total. The molecule has 0 atom stereocenters. The number of nitrogens with two attached hydrogens (primary N) is 1. The molecule has 1 saturated carbocycles. The maximum absolute atomic E-state index is 9.55. The van der Waals surface area contributed by atoms with Crippen molar-refractivity contribution in [1.82, 2.24) is 9.97 Å². The molecule has 1 aromatic heterocycles. The van der Waals surface area contributed by atoms with Crippen LogP contribution < -0.4 is 11.1 Å². The molecule has 0 amide bonds. The molecular weight excluding hydrogens is 252 g/mol. The van der Waals surface area contributed by atoms with Gasteiger partial charge in [0.15, 0.2) is 5.82 Å². The Balaban J connectivity index is 1.95. The molecule has 1 aliphatic carbocycles. The van der Waals surface area contributed by atoms with E-state index in [9.17, 15) is 5.11 Å². The Hall–Kier alpha value is -2.14. The molecule has 3 rings (SSSR count). The van der Waals surface area contributed by atoms with E-state index in [1.165, 1.54) is 12.8 Å². The number of aromatic hydroxyl groups is 1. The van der Waals surface area contributed by atoms with Gasteiger partial charge >= 0.3 is 0 Å². The van der Waals surface area contributed by atoms with Gasteiger partial charge < -0.3 is 16.2 Å². The number of anilines is 1. The fraction of sp³-hybridized carbons (Fsp3) is 0.333. The Bertz CT molecular complexity index is 611. The lowest BCUT2D eigenvalue weighted by Crippen LogP contribution is -2.15. The summed E-state index contributed by atoms with van der Waals surface area (Å²) in [6.07, 6.45) is 4.16. The predicted molar refractivity (Wildman–Crippen MR) is 78.7 cm³/mol. The van der Waals surface area contributed by atoms with Crippen molar-refractivity contribution in [2.75, 3.05) is 18.4 Å². The normalized spacial score (nSPS) is 14.2. The molecule has 1 aliphatic rings. The molecule has 0 spiro atoms. The second-order valence-electron chi connectivity index (χ2n) is 5.03. The van der Waals surface area contributed by atoms with Crippen molar-refractivity contribution in [3.63, 3.8) is 0 Å². The van der Waals surface area contributed by atoms with Crippen molar-refractivity contribution in [2.24, 2.45) is 5.73 Å². The largest absolute Gasteiger partial charge is 0.508 e. The average Bonchev–Trinajstić information content (AvgIpc) is 3.29. The van der Waals surface area contributed by atoms with Gasteiger partial charge in [-0.05, 0) is 25.0 Å². The van der Waals surface area contributed by atoms with Gasteiger partial charge in [-0.2, -0.15) is 0 Å². The van der Waals surface area contributed by atoms with Crippen LogP contribution in [0.4, 0.5) is 5.69 Å². The topological polar surface area (TPSA) is 84.1 Å². The first-order chi connectivity index (χ1) is 9.78. The van der Waals surface area contributed by atoms with Crippen LogP contribution in [0.3, 0.4) is 0 Å². The minimum Gasteiger partial charge on any atom is -0.508 e. The molecule has 0 radical (unpaired) electrons. The third-order valence-corrected chi connectivity index (χ3v) is 3.35. The Kier molecular flexibility index (Phi) is 3.52. The molecule has 0 aliphatic heterocycles. The van der Waals surface area contributed by atoms with Gasteiger partial charge in [-0.1, -0.05) is 12.1 Å². The van der Waals surface area contributed by atoms with Crippen LogP contribution in [0.15, 0.2) is 30.5 Å². The lowest BCUT2D eigenvalue weighted by molar-refractivity contribution is 0.475. The minimum atomic E-state index is 0.226. The van der Waals surface area contributed by atoms with E-state index < -0.39 is 0 Å². The fourth-order valence-corrected chi connectivity index (χ4v) is 2.19. The molecule has 104 valence electrons. The highest BCUT2D eigenvalue weighted by Gasteiger charge is 2.28. The molecule has 4 N–H and O–H groups in total. The van der Waals surface area contributed by atoms with E-state index in [4.69, 9.17) is 5.73 Å². The van der Waals surface area contributed by atoms with Crippen LogP contribution >= 0.6 is 0 Å². The number of phenolic OH excluding ortho intramolecular Hbond substituents is 1. The maximum atomic E-state index is 9.55. The molecule has 5 heteroatoms. The standard InChI is InChI=1S/C15H18N4O/c16-6-7-17-13-9-18-15(19-14(13)10-4-5-10)11-2-1-3-12(20)8-11/h1-3,8-10,17,20H,4-7,16H2. The fourth-order valence-electron chi connectivity index (χ4n) is 2.19. The molecule has 1 fully saturated rings. The molecule has 2 aromatic rings. The van der Waals surface area contributed by atoms with Gasteiger partial charge in [0.1, 0.15) is 5.75 Å². The van der Waals surface area contributed by atoms with Crippen molar-refractivity contribution in [3.05, 3.63) is 36.2 Å². The Morgan fingerprint density at radius 3 is 2.90 bits per heavy atom. The first-order valence-electron chi connectivity index (χ1n) is 6.88. The quantitative estimate of drug-likeness (QED) is 0.775. The summed E-state index contributed by atoms with van der Waals surface area (Å²) in [5.41, 5.74) is 8.39. The summed E-state index contributed by atoms with van der Waals surface area (Å²) in [4.78, 5) is 9.06. The molecule has 0 bridgehead atoms. The van der Waals surface area contributed by atoms with E-state index in [2.05, 4.69) is 15.3 Å². The highest BCUT2D eigenvalue weighted by molar-refractivity contribution is 5.60. The number of nitrogens with one attached hydrogen (secondary N) is 1. The summed E-state index contributed by atoms with van der Waals surface area (Å²) in [6, 6.07) is 7.02. The number of rotatable bonds is 5. The Morgan fingerprint density at radius 2 is 2.20 bits per heavy atom. The monoisotopic (exact) mass is 270 g/mol. The van der Waals surface area contributed by atoms with Crippen molar-refractivity contribution >= 4 is 5.69 Å².